The lowest BCUT2D eigenvalue weighted by atomic mass is 9.79. The standard InChI is InChI=1S/C13H16BrF3N4/c1-12(11(18)19)2-4-21(5-3-12)10-9(13(15,16)17)6-8(14)7-20-10/h6-7H,2-5H2,1H3,(H3,18,19). The first-order chi connectivity index (χ1) is 9.63. The molecule has 3 N–H and O–H groups in total. The monoisotopic (exact) mass is 364 g/mol. The number of nitrogens with zero attached hydrogens (tertiary/aromatic N) is 2. The Hall–Kier alpha value is -1.31. The Morgan fingerprint density at radius 1 is 1.43 bits per heavy atom. The van der Waals surface area contributed by atoms with Crippen LogP contribution in [0, 0.1) is 10.8 Å². The molecule has 0 aliphatic carbocycles. The van der Waals surface area contributed by atoms with Crippen LogP contribution in [0.4, 0.5) is 19.0 Å². The Labute approximate surface area is 129 Å². The number of halogens is 4. The predicted octanol–water partition coefficient (Wildman–Crippen LogP) is 3.41. The molecule has 8 heteroatoms. The zero-order valence-electron chi connectivity index (χ0n) is 11.5. The van der Waals surface area contributed by atoms with Crippen molar-refractivity contribution in [3.05, 3.63) is 22.3 Å². The molecule has 2 heterocycles. The molecular weight excluding hydrogens is 349 g/mol. The van der Waals surface area contributed by atoms with E-state index in [1.54, 1.807) is 4.90 Å². The van der Waals surface area contributed by atoms with E-state index in [9.17, 15) is 13.2 Å². The molecule has 0 unspecified atom stereocenters. The van der Waals surface area contributed by atoms with Gasteiger partial charge in [0.2, 0.25) is 0 Å². The highest BCUT2D eigenvalue weighted by atomic mass is 79.9. The molecule has 0 bridgehead atoms. The molecule has 2 rings (SSSR count). The molecule has 1 aromatic heterocycles. The molecule has 0 spiro atoms. The van der Waals surface area contributed by atoms with Gasteiger partial charge in [0, 0.05) is 29.2 Å². The van der Waals surface area contributed by atoms with Crippen molar-refractivity contribution >= 4 is 27.6 Å². The van der Waals surface area contributed by atoms with Crippen LogP contribution in [0.2, 0.25) is 0 Å². The third-order valence-electron chi connectivity index (χ3n) is 3.96. The number of amidine groups is 1. The minimum atomic E-state index is -4.45. The fraction of sp³-hybridized carbons (Fsp3) is 0.538. The van der Waals surface area contributed by atoms with E-state index in [2.05, 4.69) is 20.9 Å². The second kappa shape index (κ2) is 5.47. The van der Waals surface area contributed by atoms with Crippen LogP contribution in [0.25, 0.3) is 0 Å². The summed E-state index contributed by atoms with van der Waals surface area (Å²) < 4.78 is 39.7. The maximum atomic E-state index is 13.1. The van der Waals surface area contributed by atoms with Gasteiger partial charge >= 0.3 is 6.18 Å². The summed E-state index contributed by atoms with van der Waals surface area (Å²) in [6, 6.07) is 1.04. The zero-order valence-corrected chi connectivity index (χ0v) is 13.1. The fourth-order valence-corrected chi connectivity index (χ4v) is 2.71. The van der Waals surface area contributed by atoms with Crippen LogP contribution in [-0.4, -0.2) is 23.9 Å². The van der Waals surface area contributed by atoms with Crippen molar-refractivity contribution in [1.29, 1.82) is 5.41 Å². The minimum absolute atomic E-state index is 0.0590. The zero-order chi connectivity index (χ0) is 15.8. The molecule has 0 atom stereocenters. The number of nitrogens with one attached hydrogen (secondary N) is 1. The summed E-state index contributed by atoms with van der Waals surface area (Å²) in [4.78, 5) is 5.55. The SMILES string of the molecule is CC1(C(=N)N)CCN(c2ncc(Br)cc2C(F)(F)F)CC1. The van der Waals surface area contributed by atoms with Crippen molar-refractivity contribution in [2.24, 2.45) is 11.1 Å². The van der Waals surface area contributed by atoms with E-state index in [4.69, 9.17) is 11.1 Å². The lowest BCUT2D eigenvalue weighted by Gasteiger charge is -2.39. The second-order valence-electron chi connectivity index (χ2n) is 5.48. The summed E-state index contributed by atoms with van der Waals surface area (Å²) >= 11 is 3.02. The summed E-state index contributed by atoms with van der Waals surface area (Å²) in [5, 5.41) is 7.58. The lowest BCUT2D eigenvalue weighted by Crippen LogP contribution is -2.45. The van der Waals surface area contributed by atoms with Crippen molar-refractivity contribution in [2.45, 2.75) is 25.9 Å². The fourth-order valence-electron chi connectivity index (χ4n) is 2.37. The third-order valence-corrected chi connectivity index (χ3v) is 4.39. The van der Waals surface area contributed by atoms with Gasteiger partial charge in [0.1, 0.15) is 5.82 Å². The first-order valence-corrected chi connectivity index (χ1v) is 7.25. The van der Waals surface area contributed by atoms with E-state index in [-0.39, 0.29) is 11.7 Å². The molecule has 1 saturated heterocycles. The quantitative estimate of drug-likeness (QED) is 0.624. The molecular formula is C13H16BrF3N4. The van der Waals surface area contributed by atoms with E-state index in [1.807, 2.05) is 6.92 Å². The summed E-state index contributed by atoms with van der Waals surface area (Å²) in [6.07, 6.45) is -2.01. The van der Waals surface area contributed by atoms with E-state index >= 15 is 0 Å². The highest BCUT2D eigenvalue weighted by molar-refractivity contribution is 9.10. The predicted molar refractivity (Wildman–Crippen MR) is 78.4 cm³/mol. The van der Waals surface area contributed by atoms with Gasteiger partial charge in [-0.1, -0.05) is 6.92 Å². The molecule has 1 aliphatic rings. The van der Waals surface area contributed by atoms with Crippen LogP contribution in [0.15, 0.2) is 16.7 Å². The number of hydrogen-bond acceptors (Lipinski definition) is 3. The molecule has 0 aromatic carbocycles. The first-order valence-electron chi connectivity index (χ1n) is 6.46. The van der Waals surface area contributed by atoms with Gasteiger partial charge in [0.15, 0.2) is 0 Å². The Morgan fingerprint density at radius 2 is 2.00 bits per heavy atom. The highest BCUT2D eigenvalue weighted by Gasteiger charge is 2.39. The molecule has 116 valence electrons. The van der Waals surface area contributed by atoms with Gasteiger partial charge in [-0.2, -0.15) is 13.2 Å². The first kappa shape index (κ1) is 16.1. The largest absolute Gasteiger partial charge is 0.419 e. The van der Waals surface area contributed by atoms with Crippen LogP contribution < -0.4 is 10.6 Å². The molecule has 0 amide bonds. The maximum Gasteiger partial charge on any atom is 0.419 e. The second-order valence-corrected chi connectivity index (χ2v) is 6.40. The summed E-state index contributed by atoms with van der Waals surface area (Å²) in [5.74, 6) is 0.0262. The van der Waals surface area contributed by atoms with Gasteiger partial charge in [-0.3, -0.25) is 5.41 Å². The molecule has 1 aromatic rings. The Morgan fingerprint density at radius 3 is 2.48 bits per heavy atom. The number of hydrogen-bond donors (Lipinski definition) is 2. The van der Waals surface area contributed by atoms with Gasteiger partial charge in [-0.25, -0.2) is 4.98 Å². The van der Waals surface area contributed by atoms with Crippen LogP contribution in [0.3, 0.4) is 0 Å². The van der Waals surface area contributed by atoms with Crippen molar-refractivity contribution in [2.75, 3.05) is 18.0 Å². The van der Waals surface area contributed by atoms with Crippen LogP contribution in [0.5, 0.6) is 0 Å². The van der Waals surface area contributed by atoms with Gasteiger partial charge < -0.3 is 10.6 Å². The molecule has 21 heavy (non-hydrogen) atoms. The van der Waals surface area contributed by atoms with Crippen molar-refractivity contribution in [3.63, 3.8) is 0 Å². The van der Waals surface area contributed by atoms with Gasteiger partial charge in [0.25, 0.3) is 0 Å². The van der Waals surface area contributed by atoms with E-state index < -0.39 is 17.2 Å². The molecule has 0 saturated carbocycles. The molecule has 0 radical (unpaired) electrons. The highest BCUT2D eigenvalue weighted by Crippen LogP contribution is 2.39. The number of nitrogens with two attached hydrogens (primary N) is 1. The van der Waals surface area contributed by atoms with Crippen molar-refractivity contribution in [1.82, 2.24) is 4.98 Å². The summed E-state index contributed by atoms with van der Waals surface area (Å²) in [7, 11) is 0. The summed E-state index contributed by atoms with van der Waals surface area (Å²) in [5.41, 5.74) is 4.38. The molecule has 1 fully saturated rings. The van der Waals surface area contributed by atoms with Gasteiger partial charge in [0.05, 0.1) is 11.4 Å². The smallest absolute Gasteiger partial charge is 0.387 e. The number of rotatable bonds is 2. The number of aromatic nitrogens is 1. The van der Waals surface area contributed by atoms with Crippen molar-refractivity contribution < 1.29 is 13.2 Å². The average molecular weight is 365 g/mol. The average Bonchev–Trinajstić information content (AvgIpc) is 2.39. The number of piperidine rings is 1. The number of anilines is 1. The topological polar surface area (TPSA) is 66.0 Å². The summed E-state index contributed by atoms with van der Waals surface area (Å²) in [6.45, 7) is 2.66. The van der Waals surface area contributed by atoms with Crippen LogP contribution >= 0.6 is 15.9 Å². The lowest BCUT2D eigenvalue weighted by molar-refractivity contribution is -0.137. The Kier molecular flexibility index (Phi) is 4.19. The number of pyridine rings is 1. The van der Waals surface area contributed by atoms with E-state index in [1.165, 1.54) is 6.20 Å². The van der Waals surface area contributed by atoms with Crippen molar-refractivity contribution in [3.8, 4) is 0 Å². The van der Waals surface area contributed by atoms with E-state index in [0.29, 0.717) is 30.4 Å². The van der Waals surface area contributed by atoms with Gasteiger partial charge in [-0.05, 0) is 34.8 Å². The van der Waals surface area contributed by atoms with Gasteiger partial charge in [-0.15, -0.1) is 0 Å². The normalized spacial score (nSPS) is 18.6. The van der Waals surface area contributed by atoms with Crippen LogP contribution in [0.1, 0.15) is 25.3 Å². The number of alkyl halides is 3. The maximum absolute atomic E-state index is 13.1. The molecule has 1 aliphatic heterocycles. The van der Waals surface area contributed by atoms with E-state index in [0.717, 1.165) is 6.07 Å². The third kappa shape index (κ3) is 3.30. The molecule has 4 nitrogen and oxygen atoms in total. The Balaban J connectivity index is 2.27. The van der Waals surface area contributed by atoms with Crippen LogP contribution in [-0.2, 0) is 6.18 Å². The Bertz CT molecular complexity index is 551. The minimum Gasteiger partial charge on any atom is -0.387 e.